The Hall–Kier alpha value is -0.850. The third-order valence-electron chi connectivity index (χ3n) is 2.49. The first-order valence-corrected chi connectivity index (χ1v) is 7.55. The number of hydrogen-bond donors (Lipinski definition) is 1. The number of aliphatic hydroxyl groups is 1. The number of thioether (sulfide) groups is 1. The summed E-state index contributed by atoms with van der Waals surface area (Å²) in [5.41, 5.74) is 1.01. The summed E-state index contributed by atoms with van der Waals surface area (Å²) in [6.07, 6.45) is -2.59. The quantitative estimate of drug-likeness (QED) is 0.799. The van der Waals surface area contributed by atoms with E-state index in [9.17, 15) is 13.6 Å². The van der Waals surface area contributed by atoms with Gasteiger partial charge in [-0.2, -0.15) is 0 Å². The van der Waals surface area contributed by atoms with E-state index in [1.807, 2.05) is 12.1 Å². The van der Waals surface area contributed by atoms with Crippen LogP contribution in [0.15, 0.2) is 24.3 Å². The van der Waals surface area contributed by atoms with Crippen LogP contribution in [-0.4, -0.2) is 47.8 Å². The molecule has 0 saturated carbocycles. The fourth-order valence-corrected chi connectivity index (χ4v) is 2.55. The van der Waals surface area contributed by atoms with Crippen molar-refractivity contribution in [3.63, 3.8) is 0 Å². The van der Waals surface area contributed by atoms with Gasteiger partial charge in [0.1, 0.15) is 0 Å². The van der Waals surface area contributed by atoms with Crippen LogP contribution in [-0.2, 0) is 10.5 Å². The summed E-state index contributed by atoms with van der Waals surface area (Å²) >= 11 is 7.10. The number of carbonyl (C=O) groups is 1. The largest absolute Gasteiger partial charge is 0.395 e. The maximum Gasteiger partial charge on any atom is 0.255 e. The van der Waals surface area contributed by atoms with Crippen LogP contribution in [0.4, 0.5) is 8.78 Å². The molecule has 0 aliphatic carbocycles. The Kier molecular flexibility index (Phi) is 7.87. The first-order valence-electron chi connectivity index (χ1n) is 6.02. The number of alkyl halides is 2. The summed E-state index contributed by atoms with van der Waals surface area (Å²) < 4.78 is 24.6. The Balaban J connectivity index is 2.38. The van der Waals surface area contributed by atoms with Crippen LogP contribution < -0.4 is 0 Å². The van der Waals surface area contributed by atoms with Gasteiger partial charge in [0.2, 0.25) is 5.91 Å². The van der Waals surface area contributed by atoms with Gasteiger partial charge in [0, 0.05) is 17.3 Å². The number of nitrogens with zero attached hydrogens (tertiary/aromatic N) is 1. The van der Waals surface area contributed by atoms with E-state index in [1.165, 1.54) is 11.8 Å². The van der Waals surface area contributed by atoms with Gasteiger partial charge in [0.25, 0.3) is 6.43 Å². The van der Waals surface area contributed by atoms with Crippen molar-refractivity contribution in [3.05, 3.63) is 34.9 Å². The lowest BCUT2D eigenvalue weighted by molar-refractivity contribution is -0.130. The lowest BCUT2D eigenvalue weighted by atomic mass is 10.2. The van der Waals surface area contributed by atoms with Gasteiger partial charge >= 0.3 is 0 Å². The molecule has 1 aromatic carbocycles. The Labute approximate surface area is 125 Å². The van der Waals surface area contributed by atoms with Gasteiger partial charge in [-0.15, -0.1) is 11.8 Å². The molecule has 0 unspecified atom stereocenters. The summed E-state index contributed by atoms with van der Waals surface area (Å²) in [6.45, 7) is -1.02. The van der Waals surface area contributed by atoms with Crippen molar-refractivity contribution in [2.24, 2.45) is 0 Å². The van der Waals surface area contributed by atoms with Crippen molar-refractivity contribution < 1.29 is 18.7 Å². The van der Waals surface area contributed by atoms with Crippen LogP contribution in [0.1, 0.15) is 5.56 Å². The Morgan fingerprint density at radius 2 is 2.00 bits per heavy atom. The summed E-state index contributed by atoms with van der Waals surface area (Å²) in [5, 5.41) is 9.41. The van der Waals surface area contributed by atoms with Gasteiger partial charge in [-0.25, -0.2) is 8.78 Å². The van der Waals surface area contributed by atoms with Crippen LogP contribution in [0.5, 0.6) is 0 Å². The average molecular weight is 324 g/mol. The highest BCUT2D eigenvalue weighted by Gasteiger charge is 2.17. The minimum Gasteiger partial charge on any atom is -0.395 e. The van der Waals surface area contributed by atoms with Gasteiger partial charge in [-0.1, -0.05) is 23.7 Å². The molecule has 0 fully saturated rings. The molecule has 0 aromatic heterocycles. The number of carbonyl (C=O) groups excluding carboxylic acids is 1. The normalized spacial score (nSPS) is 10.8. The van der Waals surface area contributed by atoms with Crippen molar-refractivity contribution in [1.82, 2.24) is 4.90 Å². The minimum atomic E-state index is -2.59. The van der Waals surface area contributed by atoms with E-state index in [1.54, 1.807) is 12.1 Å². The second kappa shape index (κ2) is 9.15. The zero-order valence-corrected chi connectivity index (χ0v) is 12.3. The zero-order valence-electron chi connectivity index (χ0n) is 10.8. The number of hydrogen-bond acceptors (Lipinski definition) is 3. The van der Waals surface area contributed by atoms with Gasteiger partial charge in [-0.05, 0) is 17.7 Å². The van der Waals surface area contributed by atoms with Crippen molar-refractivity contribution in [3.8, 4) is 0 Å². The van der Waals surface area contributed by atoms with E-state index >= 15 is 0 Å². The van der Waals surface area contributed by atoms with Crippen molar-refractivity contribution in [2.75, 3.05) is 25.4 Å². The van der Waals surface area contributed by atoms with E-state index in [0.717, 1.165) is 10.5 Å². The third kappa shape index (κ3) is 6.54. The topological polar surface area (TPSA) is 40.5 Å². The second-order valence-electron chi connectivity index (χ2n) is 4.07. The van der Waals surface area contributed by atoms with Crippen molar-refractivity contribution in [2.45, 2.75) is 12.2 Å². The molecule has 112 valence electrons. The number of aliphatic hydroxyl groups excluding tert-OH is 1. The van der Waals surface area contributed by atoms with Crippen molar-refractivity contribution in [1.29, 1.82) is 0 Å². The maximum absolute atomic E-state index is 12.3. The molecular weight excluding hydrogens is 308 g/mol. The molecule has 0 saturated heterocycles. The number of benzene rings is 1. The van der Waals surface area contributed by atoms with Gasteiger partial charge < -0.3 is 10.0 Å². The number of rotatable bonds is 8. The molecule has 0 heterocycles. The van der Waals surface area contributed by atoms with Crippen LogP contribution in [0, 0.1) is 0 Å². The van der Waals surface area contributed by atoms with Gasteiger partial charge in [-0.3, -0.25) is 4.79 Å². The highest BCUT2D eigenvalue weighted by molar-refractivity contribution is 7.99. The fourth-order valence-electron chi connectivity index (χ4n) is 1.53. The van der Waals surface area contributed by atoms with E-state index in [2.05, 4.69) is 0 Å². The van der Waals surface area contributed by atoms with Crippen LogP contribution in [0.3, 0.4) is 0 Å². The van der Waals surface area contributed by atoms with E-state index in [-0.39, 0.29) is 18.9 Å². The molecule has 1 rings (SSSR count). The highest BCUT2D eigenvalue weighted by atomic mass is 35.5. The SMILES string of the molecule is O=C(CSCc1ccc(Cl)cc1)N(CCO)CC(F)F. The molecule has 1 aromatic rings. The molecule has 0 aliphatic rings. The zero-order chi connectivity index (χ0) is 15.0. The molecule has 1 amide bonds. The van der Waals surface area contributed by atoms with E-state index in [4.69, 9.17) is 16.7 Å². The lowest BCUT2D eigenvalue weighted by Crippen LogP contribution is -2.38. The predicted octanol–water partition coefficient (Wildman–Crippen LogP) is 2.66. The second-order valence-corrected chi connectivity index (χ2v) is 5.50. The van der Waals surface area contributed by atoms with E-state index in [0.29, 0.717) is 10.8 Å². The van der Waals surface area contributed by atoms with E-state index < -0.39 is 18.9 Å². The fraction of sp³-hybridized carbons (Fsp3) is 0.462. The molecular formula is C13H16ClF2NO2S. The maximum atomic E-state index is 12.3. The molecule has 0 bridgehead atoms. The molecule has 0 atom stereocenters. The highest BCUT2D eigenvalue weighted by Crippen LogP contribution is 2.16. The minimum absolute atomic E-state index is 0.0648. The first kappa shape index (κ1) is 17.2. The van der Waals surface area contributed by atoms with Crippen LogP contribution in [0.2, 0.25) is 5.02 Å². The Morgan fingerprint density at radius 1 is 1.35 bits per heavy atom. The number of halogens is 3. The Morgan fingerprint density at radius 3 is 2.55 bits per heavy atom. The summed E-state index contributed by atoms with van der Waals surface area (Å²) in [6, 6.07) is 7.22. The molecule has 3 nitrogen and oxygen atoms in total. The monoisotopic (exact) mass is 323 g/mol. The van der Waals surface area contributed by atoms with Crippen molar-refractivity contribution >= 4 is 29.3 Å². The molecule has 0 aliphatic heterocycles. The van der Waals surface area contributed by atoms with Crippen LogP contribution in [0.25, 0.3) is 0 Å². The lowest BCUT2D eigenvalue weighted by Gasteiger charge is -2.21. The smallest absolute Gasteiger partial charge is 0.255 e. The summed E-state index contributed by atoms with van der Waals surface area (Å²) in [7, 11) is 0. The number of amides is 1. The molecule has 0 spiro atoms. The predicted molar refractivity (Wildman–Crippen MR) is 77.3 cm³/mol. The van der Waals surface area contributed by atoms with Gasteiger partial charge in [0.15, 0.2) is 0 Å². The molecule has 1 N–H and O–H groups in total. The Bertz CT molecular complexity index is 417. The molecule has 0 radical (unpaired) electrons. The van der Waals surface area contributed by atoms with Gasteiger partial charge in [0.05, 0.1) is 18.9 Å². The summed E-state index contributed by atoms with van der Waals surface area (Å²) in [5.74, 6) is 0.318. The molecule has 7 heteroatoms. The molecule has 20 heavy (non-hydrogen) atoms. The standard InChI is InChI=1S/C13H16ClF2NO2S/c14-11-3-1-10(2-4-11)8-20-9-13(19)17(5-6-18)7-12(15)16/h1-4,12,18H,5-9H2. The third-order valence-corrected chi connectivity index (χ3v) is 3.73. The average Bonchev–Trinajstić information content (AvgIpc) is 2.40. The van der Waals surface area contributed by atoms with Crippen LogP contribution >= 0.6 is 23.4 Å². The first-order chi connectivity index (χ1) is 9.52. The summed E-state index contributed by atoms with van der Waals surface area (Å²) in [4.78, 5) is 12.7.